The first-order valence-electron chi connectivity index (χ1n) is 13.3. The number of anilines is 2. The summed E-state index contributed by atoms with van der Waals surface area (Å²) in [5, 5.41) is 3.47. The average molecular weight is 495 g/mol. The van der Waals surface area contributed by atoms with Crippen molar-refractivity contribution in [1.29, 1.82) is 0 Å². The molecule has 0 aliphatic carbocycles. The fourth-order valence-electron chi connectivity index (χ4n) is 4.91. The minimum atomic E-state index is 0.292. The van der Waals surface area contributed by atoms with Crippen molar-refractivity contribution in [1.82, 2.24) is 24.3 Å². The predicted octanol–water partition coefficient (Wildman–Crippen LogP) is 3.14. The number of nitrogen functional groups attached to an aromatic ring is 1. The average Bonchev–Trinajstić information content (AvgIpc) is 3.29. The zero-order valence-corrected chi connectivity index (χ0v) is 21.9. The number of rotatable bonds is 13. The Balaban J connectivity index is 1.45. The Morgan fingerprint density at radius 3 is 2.56 bits per heavy atom. The van der Waals surface area contributed by atoms with Crippen molar-refractivity contribution in [3.63, 3.8) is 0 Å². The monoisotopic (exact) mass is 494 g/mol. The zero-order valence-electron chi connectivity index (χ0n) is 21.9. The van der Waals surface area contributed by atoms with Gasteiger partial charge < -0.3 is 31.0 Å². The Morgan fingerprint density at radius 1 is 1.00 bits per heavy atom. The van der Waals surface area contributed by atoms with Gasteiger partial charge in [-0.05, 0) is 43.6 Å². The van der Waals surface area contributed by atoms with E-state index in [1.165, 1.54) is 18.4 Å². The fraction of sp³-hybridized carbons (Fsp3) is 0.556. The summed E-state index contributed by atoms with van der Waals surface area (Å²) in [7, 11) is 1.75. The molecule has 1 fully saturated rings. The van der Waals surface area contributed by atoms with Crippen LogP contribution >= 0.6 is 0 Å². The van der Waals surface area contributed by atoms with Gasteiger partial charge in [0.05, 0.1) is 19.2 Å². The summed E-state index contributed by atoms with van der Waals surface area (Å²) in [5.41, 5.74) is 15.9. The van der Waals surface area contributed by atoms with E-state index in [1.807, 2.05) is 12.3 Å². The van der Waals surface area contributed by atoms with E-state index >= 15 is 0 Å². The zero-order chi connectivity index (χ0) is 25.3. The van der Waals surface area contributed by atoms with Crippen molar-refractivity contribution in [2.24, 2.45) is 5.73 Å². The van der Waals surface area contributed by atoms with Gasteiger partial charge in [0.1, 0.15) is 11.3 Å². The van der Waals surface area contributed by atoms with Gasteiger partial charge in [-0.25, -0.2) is 4.98 Å². The van der Waals surface area contributed by atoms with Crippen LogP contribution in [0.2, 0.25) is 0 Å². The van der Waals surface area contributed by atoms with E-state index in [0.717, 1.165) is 93.4 Å². The van der Waals surface area contributed by atoms with Crippen LogP contribution in [0, 0.1) is 0 Å². The number of methoxy groups -OCH3 is 1. The van der Waals surface area contributed by atoms with Crippen LogP contribution < -0.4 is 21.5 Å². The summed E-state index contributed by atoms with van der Waals surface area (Å²) in [5.74, 6) is 1.99. The standard InChI is InChI=1S/C27H42N8O/c1-3-4-5-11-30-26-25-23(31-27(29)32-26)9-13-35(25)20-22-8-7-21(18-24(22)36-2)19-34-16-14-33(15-17-34)12-6-10-28/h7-9,13,18H,3-6,10-12,14-17,19-20,28H2,1-2H3,(H3,29,30,31,32). The molecule has 0 unspecified atom stereocenters. The smallest absolute Gasteiger partial charge is 0.222 e. The van der Waals surface area contributed by atoms with Crippen molar-refractivity contribution in [2.45, 2.75) is 45.7 Å². The van der Waals surface area contributed by atoms with Crippen molar-refractivity contribution in [2.75, 3.05) is 64.0 Å². The second-order valence-corrected chi connectivity index (χ2v) is 9.65. The Bertz CT molecular complexity index is 1110. The number of ether oxygens (including phenoxy) is 1. The van der Waals surface area contributed by atoms with Crippen LogP contribution in [0.3, 0.4) is 0 Å². The van der Waals surface area contributed by atoms with Gasteiger partial charge in [0.25, 0.3) is 0 Å². The Kier molecular flexibility index (Phi) is 9.38. The van der Waals surface area contributed by atoms with Crippen LogP contribution in [0.4, 0.5) is 11.8 Å². The number of nitrogens with zero attached hydrogens (tertiary/aromatic N) is 5. The number of hydrogen-bond donors (Lipinski definition) is 3. The highest BCUT2D eigenvalue weighted by Gasteiger charge is 2.18. The normalized spacial score (nSPS) is 15.0. The van der Waals surface area contributed by atoms with Crippen molar-refractivity contribution in [3.05, 3.63) is 41.6 Å². The molecular weight excluding hydrogens is 452 g/mol. The maximum atomic E-state index is 5.98. The van der Waals surface area contributed by atoms with Crippen LogP contribution in [0.1, 0.15) is 43.7 Å². The highest BCUT2D eigenvalue weighted by atomic mass is 16.5. The third-order valence-corrected chi connectivity index (χ3v) is 6.94. The molecule has 0 atom stereocenters. The van der Waals surface area contributed by atoms with Gasteiger partial charge in [-0.2, -0.15) is 4.98 Å². The van der Waals surface area contributed by atoms with E-state index in [0.29, 0.717) is 12.5 Å². The topological polar surface area (TPSA) is 110 Å². The Morgan fingerprint density at radius 2 is 1.81 bits per heavy atom. The van der Waals surface area contributed by atoms with Crippen LogP contribution in [0.15, 0.2) is 30.5 Å². The molecule has 0 amide bonds. The summed E-state index contributed by atoms with van der Waals surface area (Å²) < 4.78 is 8.00. The summed E-state index contributed by atoms with van der Waals surface area (Å²) in [6.45, 7) is 10.9. The lowest BCUT2D eigenvalue weighted by molar-refractivity contribution is 0.126. The molecule has 5 N–H and O–H groups in total. The maximum absolute atomic E-state index is 5.98. The molecule has 1 aliphatic rings. The van der Waals surface area contributed by atoms with Crippen LogP contribution in [0.25, 0.3) is 11.0 Å². The first-order valence-corrected chi connectivity index (χ1v) is 13.3. The third-order valence-electron chi connectivity index (χ3n) is 6.94. The van der Waals surface area contributed by atoms with Gasteiger partial charge in [0.2, 0.25) is 5.95 Å². The number of hydrogen-bond acceptors (Lipinski definition) is 8. The lowest BCUT2D eigenvalue weighted by atomic mass is 10.1. The second kappa shape index (κ2) is 12.9. The van der Waals surface area contributed by atoms with Crippen molar-refractivity contribution < 1.29 is 4.74 Å². The summed E-state index contributed by atoms with van der Waals surface area (Å²) in [6, 6.07) is 8.59. The highest BCUT2D eigenvalue weighted by molar-refractivity contribution is 5.87. The number of piperazine rings is 1. The van der Waals surface area contributed by atoms with Crippen molar-refractivity contribution in [3.8, 4) is 5.75 Å². The minimum absolute atomic E-state index is 0.292. The fourth-order valence-corrected chi connectivity index (χ4v) is 4.91. The largest absolute Gasteiger partial charge is 0.496 e. The number of benzene rings is 1. The predicted molar refractivity (Wildman–Crippen MR) is 147 cm³/mol. The summed E-state index contributed by atoms with van der Waals surface area (Å²) in [4.78, 5) is 14.0. The third kappa shape index (κ3) is 6.66. The lowest BCUT2D eigenvalue weighted by Gasteiger charge is -2.34. The van der Waals surface area contributed by atoms with Gasteiger partial charge in [0, 0.05) is 51.0 Å². The SMILES string of the molecule is CCCCCNc1nc(N)nc2ccn(Cc3ccc(CN4CCN(CCCN)CC4)cc3OC)c12. The molecule has 0 bridgehead atoms. The van der Waals surface area contributed by atoms with E-state index in [9.17, 15) is 0 Å². The molecule has 3 aromatic rings. The minimum Gasteiger partial charge on any atom is -0.496 e. The van der Waals surface area contributed by atoms with E-state index in [1.54, 1.807) is 7.11 Å². The lowest BCUT2D eigenvalue weighted by Crippen LogP contribution is -2.46. The quantitative estimate of drug-likeness (QED) is 0.311. The number of fused-ring (bicyclic) bond motifs is 1. The molecule has 1 saturated heterocycles. The van der Waals surface area contributed by atoms with Gasteiger partial charge in [-0.15, -0.1) is 0 Å². The summed E-state index contributed by atoms with van der Waals surface area (Å²) >= 11 is 0. The molecule has 4 rings (SSSR count). The number of nitrogens with two attached hydrogens (primary N) is 2. The van der Waals surface area contributed by atoms with Crippen LogP contribution in [-0.2, 0) is 13.1 Å². The molecule has 196 valence electrons. The Hall–Kier alpha value is -2.88. The highest BCUT2D eigenvalue weighted by Crippen LogP contribution is 2.27. The van der Waals surface area contributed by atoms with E-state index in [-0.39, 0.29) is 0 Å². The van der Waals surface area contributed by atoms with Gasteiger partial charge in [0.15, 0.2) is 5.82 Å². The van der Waals surface area contributed by atoms with E-state index in [2.05, 4.69) is 54.8 Å². The Labute approximate surface area is 214 Å². The molecule has 3 heterocycles. The van der Waals surface area contributed by atoms with Crippen molar-refractivity contribution >= 4 is 22.8 Å². The maximum Gasteiger partial charge on any atom is 0.222 e. The molecule has 9 heteroatoms. The van der Waals surface area contributed by atoms with Gasteiger partial charge in [-0.3, -0.25) is 4.90 Å². The molecule has 9 nitrogen and oxygen atoms in total. The molecule has 1 aliphatic heterocycles. The van der Waals surface area contributed by atoms with E-state index < -0.39 is 0 Å². The van der Waals surface area contributed by atoms with Gasteiger partial charge in [-0.1, -0.05) is 31.9 Å². The first-order chi connectivity index (χ1) is 17.6. The van der Waals surface area contributed by atoms with Crippen LogP contribution in [-0.4, -0.2) is 77.3 Å². The summed E-state index contributed by atoms with van der Waals surface area (Å²) in [6.07, 6.45) is 6.59. The number of nitrogens with one attached hydrogen (secondary N) is 1. The molecule has 0 spiro atoms. The molecule has 0 saturated carbocycles. The van der Waals surface area contributed by atoms with Gasteiger partial charge >= 0.3 is 0 Å². The number of aromatic nitrogens is 3. The number of unbranched alkanes of at least 4 members (excludes halogenated alkanes) is 2. The molecule has 1 aromatic carbocycles. The van der Waals surface area contributed by atoms with Crippen LogP contribution in [0.5, 0.6) is 5.75 Å². The van der Waals surface area contributed by atoms with E-state index in [4.69, 9.17) is 16.2 Å². The first kappa shape index (κ1) is 26.2. The second-order valence-electron chi connectivity index (χ2n) is 9.65. The molecular formula is C27H42N8O. The molecule has 2 aromatic heterocycles. The molecule has 0 radical (unpaired) electrons. The molecule has 36 heavy (non-hydrogen) atoms.